The van der Waals surface area contributed by atoms with Gasteiger partial charge in [0.1, 0.15) is 11.6 Å². The Hall–Kier alpha value is -2.49. The van der Waals surface area contributed by atoms with Crippen LogP contribution in [0.4, 0.5) is 4.79 Å². The molecule has 0 bridgehead atoms. The molecular weight excluding hydrogens is 380 g/mol. The molecule has 2 heterocycles. The molecule has 2 aromatic rings. The average Bonchev–Trinajstić information content (AvgIpc) is 3.23. The monoisotopic (exact) mass is 404 g/mol. The van der Waals surface area contributed by atoms with Crippen molar-refractivity contribution in [1.82, 2.24) is 21.1 Å². The Morgan fingerprint density at radius 3 is 2.68 bits per heavy atom. The lowest BCUT2D eigenvalue weighted by Crippen LogP contribution is -2.48. The van der Waals surface area contributed by atoms with E-state index in [4.69, 9.17) is 9.72 Å². The highest BCUT2D eigenvalue weighted by Gasteiger charge is 2.37. The summed E-state index contributed by atoms with van der Waals surface area (Å²) < 4.78 is 5.53. The Balaban J connectivity index is 1.67. The van der Waals surface area contributed by atoms with Crippen LogP contribution in [0.5, 0.6) is 0 Å². The summed E-state index contributed by atoms with van der Waals surface area (Å²) in [6, 6.07) is 9.62. The first-order chi connectivity index (χ1) is 13.6. The number of hydroxylamine groups is 1. The lowest BCUT2D eigenvalue weighted by atomic mass is 9.80. The molecule has 1 aromatic heterocycles. The third-order valence-electron chi connectivity index (χ3n) is 4.69. The van der Waals surface area contributed by atoms with E-state index in [1.54, 1.807) is 11.3 Å². The number of aromatic nitrogens is 1. The van der Waals surface area contributed by atoms with Gasteiger partial charge in [-0.05, 0) is 12.8 Å². The van der Waals surface area contributed by atoms with Gasteiger partial charge in [0.15, 0.2) is 0 Å². The number of nitrogens with one attached hydrogen (secondary N) is 3. The number of carbonyl (C=O) groups is 2. The normalized spacial score (nSPS) is 15.6. The van der Waals surface area contributed by atoms with Crippen molar-refractivity contribution in [1.29, 1.82) is 0 Å². The fraction of sp³-hybridized carbons (Fsp3) is 0.421. The number of rotatable bonds is 7. The van der Waals surface area contributed by atoms with Gasteiger partial charge in [-0.2, -0.15) is 0 Å². The average molecular weight is 404 g/mol. The van der Waals surface area contributed by atoms with E-state index in [9.17, 15) is 9.59 Å². The molecule has 3 amide bonds. The van der Waals surface area contributed by atoms with Crippen LogP contribution in [0.3, 0.4) is 0 Å². The standard InChI is InChI=1S/C19H24N4O4S/c1-26-23-16(24)11-20-18(25)21-13-19(7-9-27-10-8-19)17-22-15(12-28-17)14-5-3-2-4-6-14/h2-6,12H,7-11,13H2,1H3,(H,23,24)(H2,20,21,25). The molecule has 0 atom stereocenters. The molecule has 1 aliphatic rings. The Labute approximate surface area is 167 Å². The minimum atomic E-state index is -0.425. The molecule has 28 heavy (non-hydrogen) atoms. The van der Waals surface area contributed by atoms with Crippen molar-refractivity contribution in [3.63, 3.8) is 0 Å². The van der Waals surface area contributed by atoms with Gasteiger partial charge in [-0.3, -0.25) is 9.63 Å². The molecule has 1 aromatic carbocycles. The predicted molar refractivity (Wildman–Crippen MR) is 106 cm³/mol. The second kappa shape index (κ2) is 9.63. The summed E-state index contributed by atoms with van der Waals surface area (Å²) in [4.78, 5) is 32.9. The Morgan fingerprint density at radius 1 is 1.21 bits per heavy atom. The van der Waals surface area contributed by atoms with Crippen molar-refractivity contribution in [2.75, 3.05) is 33.4 Å². The van der Waals surface area contributed by atoms with Crippen molar-refractivity contribution in [2.24, 2.45) is 0 Å². The number of hydrogen-bond acceptors (Lipinski definition) is 6. The third-order valence-corrected chi connectivity index (χ3v) is 5.78. The summed E-state index contributed by atoms with van der Waals surface area (Å²) in [6.07, 6.45) is 1.55. The number of urea groups is 1. The second-order valence-corrected chi connectivity index (χ2v) is 7.42. The molecule has 0 radical (unpaired) electrons. The lowest BCUT2D eigenvalue weighted by Gasteiger charge is -2.35. The number of amides is 3. The number of benzene rings is 1. The maximum absolute atomic E-state index is 12.1. The zero-order valence-corrected chi connectivity index (χ0v) is 16.5. The van der Waals surface area contributed by atoms with Crippen molar-refractivity contribution >= 4 is 23.3 Å². The maximum Gasteiger partial charge on any atom is 0.315 e. The summed E-state index contributed by atoms with van der Waals surface area (Å²) in [5.41, 5.74) is 3.88. The molecule has 0 saturated carbocycles. The molecule has 3 N–H and O–H groups in total. The second-order valence-electron chi connectivity index (χ2n) is 6.56. The third kappa shape index (κ3) is 5.06. The van der Waals surface area contributed by atoms with E-state index in [-0.39, 0.29) is 12.0 Å². The Kier molecular flexibility index (Phi) is 6.96. The van der Waals surface area contributed by atoms with Crippen LogP contribution in [0, 0.1) is 0 Å². The van der Waals surface area contributed by atoms with Gasteiger partial charge in [-0.1, -0.05) is 30.3 Å². The lowest BCUT2D eigenvalue weighted by molar-refractivity contribution is -0.130. The molecule has 0 spiro atoms. The van der Waals surface area contributed by atoms with Crippen LogP contribution >= 0.6 is 11.3 Å². The molecular formula is C19H24N4O4S. The van der Waals surface area contributed by atoms with Crippen molar-refractivity contribution in [2.45, 2.75) is 18.3 Å². The Morgan fingerprint density at radius 2 is 1.96 bits per heavy atom. The van der Waals surface area contributed by atoms with Crippen LogP contribution in [-0.4, -0.2) is 50.3 Å². The van der Waals surface area contributed by atoms with E-state index < -0.39 is 11.9 Å². The first-order valence-corrected chi connectivity index (χ1v) is 9.94. The molecule has 1 aliphatic heterocycles. The van der Waals surface area contributed by atoms with Crippen LogP contribution in [0.2, 0.25) is 0 Å². The first-order valence-electron chi connectivity index (χ1n) is 9.06. The zero-order chi connectivity index (χ0) is 19.8. The summed E-state index contributed by atoms with van der Waals surface area (Å²) in [5.74, 6) is -0.425. The summed E-state index contributed by atoms with van der Waals surface area (Å²) in [7, 11) is 1.34. The van der Waals surface area contributed by atoms with E-state index in [1.165, 1.54) is 7.11 Å². The smallest absolute Gasteiger partial charge is 0.315 e. The molecule has 150 valence electrons. The topological polar surface area (TPSA) is 102 Å². The SMILES string of the molecule is CONC(=O)CNC(=O)NCC1(c2nc(-c3ccccc3)cs2)CCOCC1. The van der Waals surface area contributed by atoms with Crippen LogP contribution < -0.4 is 16.1 Å². The fourth-order valence-corrected chi connectivity index (χ4v) is 4.20. The highest BCUT2D eigenvalue weighted by molar-refractivity contribution is 7.10. The molecule has 0 unspecified atom stereocenters. The molecule has 3 rings (SSSR count). The molecule has 1 saturated heterocycles. The van der Waals surface area contributed by atoms with E-state index in [1.807, 2.05) is 30.3 Å². The molecule has 0 aliphatic carbocycles. The highest BCUT2D eigenvalue weighted by Crippen LogP contribution is 2.37. The van der Waals surface area contributed by atoms with Gasteiger partial charge in [0.25, 0.3) is 5.91 Å². The van der Waals surface area contributed by atoms with Gasteiger partial charge in [0.2, 0.25) is 0 Å². The number of ether oxygens (including phenoxy) is 1. The zero-order valence-electron chi connectivity index (χ0n) is 15.7. The van der Waals surface area contributed by atoms with Gasteiger partial charge < -0.3 is 15.4 Å². The molecule has 9 heteroatoms. The van der Waals surface area contributed by atoms with Gasteiger partial charge in [0.05, 0.1) is 12.8 Å². The fourth-order valence-electron chi connectivity index (χ4n) is 3.11. The Bertz CT molecular complexity index is 790. The van der Waals surface area contributed by atoms with Gasteiger partial charge in [-0.25, -0.2) is 15.3 Å². The predicted octanol–water partition coefficient (Wildman–Crippen LogP) is 1.84. The summed E-state index contributed by atoms with van der Waals surface area (Å²) in [5, 5.41) is 8.44. The maximum atomic E-state index is 12.1. The van der Waals surface area contributed by atoms with Crippen LogP contribution in [0.25, 0.3) is 11.3 Å². The van der Waals surface area contributed by atoms with Crippen molar-refractivity contribution in [3.05, 3.63) is 40.7 Å². The quantitative estimate of drug-likeness (QED) is 0.611. The highest BCUT2D eigenvalue weighted by atomic mass is 32.1. The van der Waals surface area contributed by atoms with Crippen LogP contribution in [0.1, 0.15) is 17.8 Å². The van der Waals surface area contributed by atoms with Gasteiger partial charge in [-0.15, -0.1) is 11.3 Å². The molecule has 8 nitrogen and oxygen atoms in total. The number of hydrogen-bond donors (Lipinski definition) is 3. The minimum Gasteiger partial charge on any atom is -0.381 e. The van der Waals surface area contributed by atoms with E-state index in [0.29, 0.717) is 19.8 Å². The van der Waals surface area contributed by atoms with E-state index in [2.05, 4.69) is 26.3 Å². The van der Waals surface area contributed by atoms with Crippen LogP contribution in [-0.2, 0) is 19.8 Å². The van der Waals surface area contributed by atoms with E-state index in [0.717, 1.165) is 29.1 Å². The molecule has 1 fully saturated rings. The largest absolute Gasteiger partial charge is 0.381 e. The first kappa shape index (κ1) is 20.2. The number of thiazole rings is 1. The summed E-state index contributed by atoms with van der Waals surface area (Å²) >= 11 is 1.61. The van der Waals surface area contributed by atoms with Gasteiger partial charge >= 0.3 is 6.03 Å². The van der Waals surface area contributed by atoms with Crippen molar-refractivity contribution < 1.29 is 19.2 Å². The minimum absolute atomic E-state index is 0.162. The number of carbonyl (C=O) groups excluding carboxylic acids is 2. The van der Waals surface area contributed by atoms with Crippen LogP contribution in [0.15, 0.2) is 35.7 Å². The van der Waals surface area contributed by atoms with Gasteiger partial charge in [0, 0.05) is 36.1 Å². The number of nitrogens with zero attached hydrogens (tertiary/aromatic N) is 1. The van der Waals surface area contributed by atoms with Crippen molar-refractivity contribution in [3.8, 4) is 11.3 Å². The van der Waals surface area contributed by atoms with E-state index >= 15 is 0 Å². The summed E-state index contributed by atoms with van der Waals surface area (Å²) in [6.45, 7) is 1.51.